The van der Waals surface area contributed by atoms with E-state index in [0.717, 1.165) is 39.9 Å². The quantitative estimate of drug-likeness (QED) is 0.802. The molecule has 0 unspecified atom stereocenters. The molecule has 26 heavy (non-hydrogen) atoms. The van der Waals surface area contributed by atoms with Crippen LogP contribution in [-0.2, 0) is 22.4 Å². The largest absolute Gasteiger partial charge is 0.483 e. The molecule has 0 radical (unpaired) electrons. The van der Waals surface area contributed by atoms with E-state index in [4.69, 9.17) is 4.74 Å². The van der Waals surface area contributed by atoms with Gasteiger partial charge >= 0.3 is 0 Å². The zero-order valence-corrected chi connectivity index (χ0v) is 16.4. The number of benzene rings is 2. The Morgan fingerprint density at radius 1 is 1.27 bits per heavy atom. The number of carbonyl (C=O) groups is 2. The number of nitrogens with one attached hydrogen (secondary N) is 1. The van der Waals surface area contributed by atoms with Crippen LogP contribution in [0.3, 0.4) is 0 Å². The molecule has 6 heteroatoms. The zero-order chi connectivity index (χ0) is 18.7. The first-order valence-electron chi connectivity index (χ1n) is 8.60. The summed E-state index contributed by atoms with van der Waals surface area (Å²) in [6.07, 6.45) is 1.61. The van der Waals surface area contributed by atoms with Gasteiger partial charge in [0.2, 0.25) is 5.91 Å². The fourth-order valence-corrected chi connectivity index (χ4v) is 3.69. The first kappa shape index (κ1) is 18.5. The number of hydrogen-bond donors (Lipinski definition) is 1. The van der Waals surface area contributed by atoms with Gasteiger partial charge in [0.05, 0.1) is 11.4 Å². The number of rotatable bonds is 5. The fourth-order valence-electron chi connectivity index (χ4n) is 3.19. The highest BCUT2D eigenvalue weighted by Gasteiger charge is 2.26. The number of para-hydroxylation sites is 1. The van der Waals surface area contributed by atoms with Crippen molar-refractivity contribution in [3.63, 3.8) is 0 Å². The molecule has 0 spiro atoms. The molecule has 0 atom stereocenters. The third-order valence-corrected chi connectivity index (χ3v) is 4.85. The predicted octanol–water partition coefficient (Wildman–Crippen LogP) is 3.94. The van der Waals surface area contributed by atoms with E-state index in [-0.39, 0.29) is 18.4 Å². The van der Waals surface area contributed by atoms with E-state index in [2.05, 4.69) is 21.2 Å². The van der Waals surface area contributed by atoms with Crippen molar-refractivity contribution in [3.8, 4) is 5.75 Å². The van der Waals surface area contributed by atoms with Crippen LogP contribution in [0.2, 0.25) is 0 Å². The molecular formula is C20H21BrN2O3. The maximum absolute atomic E-state index is 12.4. The van der Waals surface area contributed by atoms with Crippen molar-refractivity contribution in [3.05, 3.63) is 52.0 Å². The summed E-state index contributed by atoms with van der Waals surface area (Å²) in [6, 6.07) is 11.5. The third-order valence-electron chi connectivity index (χ3n) is 4.39. The standard InChI is InChI=1S/C20H21BrN2O3/c1-3-14-6-4-5-7-18(14)26-12-19(25)22-17-11-16(21)10-15-8-9-23(13(2)24)20(15)17/h4-7,10-11H,3,8-9,12H2,1-2H3,(H,22,25). The summed E-state index contributed by atoms with van der Waals surface area (Å²) in [6.45, 7) is 4.12. The zero-order valence-electron chi connectivity index (χ0n) is 14.8. The van der Waals surface area contributed by atoms with Crippen molar-refractivity contribution in [2.75, 3.05) is 23.4 Å². The van der Waals surface area contributed by atoms with E-state index in [1.54, 1.807) is 4.90 Å². The number of hydrogen-bond acceptors (Lipinski definition) is 3. The maximum atomic E-state index is 12.4. The Bertz CT molecular complexity index is 851. The second-order valence-electron chi connectivity index (χ2n) is 6.18. The van der Waals surface area contributed by atoms with E-state index in [0.29, 0.717) is 12.2 Å². The molecule has 0 aromatic heterocycles. The summed E-state index contributed by atoms with van der Waals surface area (Å²) in [5.41, 5.74) is 3.51. The third kappa shape index (κ3) is 3.90. The van der Waals surface area contributed by atoms with Crippen molar-refractivity contribution < 1.29 is 14.3 Å². The lowest BCUT2D eigenvalue weighted by molar-refractivity contribution is -0.118. The summed E-state index contributed by atoms with van der Waals surface area (Å²) < 4.78 is 6.55. The lowest BCUT2D eigenvalue weighted by Gasteiger charge is -2.19. The number of fused-ring (bicyclic) bond motifs is 1. The minimum Gasteiger partial charge on any atom is -0.483 e. The molecule has 1 aliphatic heterocycles. The van der Waals surface area contributed by atoms with E-state index in [9.17, 15) is 9.59 Å². The number of aryl methyl sites for hydroxylation is 1. The molecular weight excluding hydrogens is 396 g/mol. The first-order valence-corrected chi connectivity index (χ1v) is 9.40. The molecule has 1 aliphatic rings. The summed E-state index contributed by atoms with van der Waals surface area (Å²) in [7, 11) is 0. The van der Waals surface area contributed by atoms with E-state index >= 15 is 0 Å². The van der Waals surface area contributed by atoms with Crippen molar-refractivity contribution in [1.29, 1.82) is 0 Å². The Morgan fingerprint density at radius 3 is 2.77 bits per heavy atom. The molecule has 1 N–H and O–H groups in total. The van der Waals surface area contributed by atoms with Crippen molar-refractivity contribution in [2.24, 2.45) is 0 Å². The first-order chi connectivity index (χ1) is 12.5. The van der Waals surface area contributed by atoms with Gasteiger partial charge < -0.3 is 15.0 Å². The van der Waals surface area contributed by atoms with E-state index < -0.39 is 0 Å². The second-order valence-corrected chi connectivity index (χ2v) is 7.10. The summed E-state index contributed by atoms with van der Waals surface area (Å²) in [5.74, 6) is 0.427. The molecule has 2 amide bonds. The molecule has 0 bridgehead atoms. The normalized spacial score (nSPS) is 12.7. The summed E-state index contributed by atoms with van der Waals surface area (Å²) >= 11 is 3.47. The van der Waals surface area contributed by atoms with Crippen LogP contribution in [0.5, 0.6) is 5.75 Å². The van der Waals surface area contributed by atoms with Crippen LogP contribution >= 0.6 is 15.9 Å². The van der Waals surface area contributed by atoms with Crippen LogP contribution < -0.4 is 15.0 Å². The van der Waals surface area contributed by atoms with Crippen LogP contribution in [0.4, 0.5) is 11.4 Å². The minimum absolute atomic E-state index is 0.0327. The van der Waals surface area contributed by atoms with E-state index in [1.165, 1.54) is 6.92 Å². The van der Waals surface area contributed by atoms with E-state index in [1.807, 2.05) is 43.3 Å². The number of nitrogens with zero attached hydrogens (tertiary/aromatic N) is 1. The lowest BCUT2D eigenvalue weighted by atomic mass is 10.1. The topological polar surface area (TPSA) is 58.6 Å². The van der Waals surface area contributed by atoms with Gasteiger partial charge in [0.15, 0.2) is 6.61 Å². The number of halogens is 1. The number of ether oxygens (including phenoxy) is 1. The Hall–Kier alpha value is -2.34. The summed E-state index contributed by atoms with van der Waals surface area (Å²) in [5, 5.41) is 2.89. The van der Waals surface area contributed by atoms with Gasteiger partial charge in [-0.25, -0.2) is 0 Å². The van der Waals surface area contributed by atoms with Gasteiger partial charge in [-0.1, -0.05) is 41.1 Å². The predicted molar refractivity (Wildman–Crippen MR) is 106 cm³/mol. The van der Waals surface area contributed by atoms with Gasteiger partial charge in [0, 0.05) is 17.9 Å². The van der Waals surface area contributed by atoms with Gasteiger partial charge in [-0.05, 0) is 42.2 Å². The highest BCUT2D eigenvalue weighted by molar-refractivity contribution is 9.10. The molecule has 136 valence electrons. The van der Waals surface area contributed by atoms with Gasteiger partial charge in [-0.2, -0.15) is 0 Å². The van der Waals surface area contributed by atoms with Crippen molar-refractivity contribution in [2.45, 2.75) is 26.7 Å². The molecule has 2 aromatic rings. The highest BCUT2D eigenvalue weighted by atomic mass is 79.9. The van der Waals surface area contributed by atoms with Gasteiger partial charge in [0.1, 0.15) is 5.75 Å². The van der Waals surface area contributed by atoms with Gasteiger partial charge in [0.25, 0.3) is 5.91 Å². The molecule has 0 aliphatic carbocycles. The Kier molecular flexibility index (Phi) is 5.61. The van der Waals surface area contributed by atoms with Crippen LogP contribution in [-0.4, -0.2) is 25.0 Å². The Morgan fingerprint density at radius 2 is 2.04 bits per heavy atom. The molecule has 1 heterocycles. The van der Waals surface area contributed by atoms with Gasteiger partial charge in [-0.3, -0.25) is 9.59 Å². The van der Waals surface area contributed by atoms with Gasteiger partial charge in [-0.15, -0.1) is 0 Å². The number of anilines is 2. The Balaban J connectivity index is 1.75. The molecule has 0 fully saturated rings. The average molecular weight is 417 g/mol. The molecule has 0 saturated carbocycles. The molecule has 0 saturated heterocycles. The molecule has 2 aromatic carbocycles. The minimum atomic E-state index is -0.258. The Labute approximate surface area is 161 Å². The van der Waals surface area contributed by atoms with Crippen molar-refractivity contribution >= 4 is 39.1 Å². The SMILES string of the molecule is CCc1ccccc1OCC(=O)Nc1cc(Br)cc2c1N(C(C)=O)CC2. The fraction of sp³-hybridized carbons (Fsp3) is 0.300. The number of carbonyl (C=O) groups excluding carboxylic acids is 2. The average Bonchev–Trinajstić information content (AvgIpc) is 3.04. The number of amides is 2. The van der Waals surface area contributed by atoms with Crippen LogP contribution in [0.15, 0.2) is 40.9 Å². The second kappa shape index (κ2) is 7.91. The molecule has 3 rings (SSSR count). The summed E-state index contributed by atoms with van der Waals surface area (Å²) in [4.78, 5) is 26.0. The van der Waals surface area contributed by atoms with Crippen LogP contribution in [0, 0.1) is 0 Å². The van der Waals surface area contributed by atoms with Crippen LogP contribution in [0.25, 0.3) is 0 Å². The maximum Gasteiger partial charge on any atom is 0.262 e. The monoisotopic (exact) mass is 416 g/mol. The van der Waals surface area contributed by atoms with Crippen LogP contribution in [0.1, 0.15) is 25.0 Å². The van der Waals surface area contributed by atoms with Crippen molar-refractivity contribution in [1.82, 2.24) is 0 Å². The molecule has 5 nitrogen and oxygen atoms in total. The highest BCUT2D eigenvalue weighted by Crippen LogP contribution is 2.38. The lowest BCUT2D eigenvalue weighted by Crippen LogP contribution is -2.28. The smallest absolute Gasteiger partial charge is 0.262 e.